The first-order chi connectivity index (χ1) is 8.29. The molecule has 0 spiro atoms. The number of ether oxygens (including phenoxy) is 1. The second-order valence-electron chi connectivity index (χ2n) is 4.72. The van der Waals surface area contributed by atoms with E-state index in [-0.39, 0.29) is 0 Å². The van der Waals surface area contributed by atoms with Gasteiger partial charge in [0.05, 0.1) is 12.1 Å². The lowest BCUT2D eigenvalue weighted by Crippen LogP contribution is -2.06. The van der Waals surface area contributed by atoms with Crippen LogP contribution in [-0.4, -0.2) is 13.7 Å². The predicted octanol–water partition coefficient (Wildman–Crippen LogP) is 4.34. The largest absolute Gasteiger partial charge is 0.495 e. The fraction of sp³-hybridized carbons (Fsp3) is 0.571. The molecule has 0 atom stereocenters. The molecule has 1 N–H and O–H groups in total. The van der Waals surface area contributed by atoms with Crippen molar-refractivity contribution in [3.8, 4) is 5.75 Å². The van der Waals surface area contributed by atoms with Gasteiger partial charge in [-0.05, 0) is 24.5 Å². The second-order valence-corrected chi connectivity index (χ2v) is 5.12. The van der Waals surface area contributed by atoms with Crippen LogP contribution in [0.3, 0.4) is 0 Å². The summed E-state index contributed by atoms with van der Waals surface area (Å²) in [5, 5.41) is 4.10. The van der Waals surface area contributed by atoms with E-state index in [1.807, 2.05) is 18.2 Å². The topological polar surface area (TPSA) is 21.3 Å². The van der Waals surface area contributed by atoms with Gasteiger partial charge in [0.1, 0.15) is 5.75 Å². The van der Waals surface area contributed by atoms with Crippen molar-refractivity contribution in [2.45, 2.75) is 32.1 Å². The Balaban J connectivity index is 1.81. The summed E-state index contributed by atoms with van der Waals surface area (Å²) in [6, 6.07) is 5.83. The van der Waals surface area contributed by atoms with E-state index in [0.717, 1.165) is 23.9 Å². The molecular formula is C14H20ClNO. The molecule has 0 radical (unpaired) electrons. The fourth-order valence-corrected chi connectivity index (χ4v) is 2.68. The summed E-state index contributed by atoms with van der Waals surface area (Å²) in [5.74, 6) is 1.66. The highest BCUT2D eigenvalue weighted by Crippen LogP contribution is 2.29. The van der Waals surface area contributed by atoms with Gasteiger partial charge in [-0.1, -0.05) is 37.3 Å². The van der Waals surface area contributed by atoms with E-state index in [2.05, 4.69) is 5.32 Å². The van der Waals surface area contributed by atoms with E-state index in [4.69, 9.17) is 16.3 Å². The number of rotatable bonds is 5. The molecule has 17 heavy (non-hydrogen) atoms. The minimum absolute atomic E-state index is 0.661. The van der Waals surface area contributed by atoms with Gasteiger partial charge in [-0.15, -0.1) is 0 Å². The van der Waals surface area contributed by atoms with Gasteiger partial charge in [-0.25, -0.2) is 0 Å². The van der Waals surface area contributed by atoms with Crippen LogP contribution < -0.4 is 10.1 Å². The molecule has 0 heterocycles. The molecule has 1 aliphatic rings. The zero-order valence-electron chi connectivity index (χ0n) is 10.3. The second kappa shape index (κ2) is 6.15. The summed E-state index contributed by atoms with van der Waals surface area (Å²) in [6.07, 6.45) is 6.92. The Bertz CT molecular complexity index is 361. The standard InChI is InChI=1S/C14H20ClNO/c1-17-14-10-12(6-7-13(14)15)16-9-8-11-4-2-3-5-11/h6-7,10-11,16H,2-5,8-9H2,1H3. The van der Waals surface area contributed by atoms with Crippen LogP contribution in [0.2, 0.25) is 5.02 Å². The zero-order valence-corrected chi connectivity index (χ0v) is 11.1. The number of benzene rings is 1. The Morgan fingerprint density at radius 1 is 1.35 bits per heavy atom. The first kappa shape index (κ1) is 12.6. The van der Waals surface area contributed by atoms with E-state index in [0.29, 0.717) is 5.02 Å². The van der Waals surface area contributed by atoms with Gasteiger partial charge in [0, 0.05) is 18.3 Å². The molecule has 0 aromatic heterocycles. The lowest BCUT2D eigenvalue weighted by Gasteiger charge is -2.12. The highest BCUT2D eigenvalue weighted by atomic mass is 35.5. The molecule has 1 aliphatic carbocycles. The normalized spacial score (nSPS) is 16.1. The molecule has 1 aromatic carbocycles. The zero-order chi connectivity index (χ0) is 12.1. The third kappa shape index (κ3) is 3.53. The molecule has 2 nitrogen and oxygen atoms in total. The first-order valence-corrected chi connectivity index (χ1v) is 6.75. The number of hydrogen-bond donors (Lipinski definition) is 1. The fourth-order valence-electron chi connectivity index (χ4n) is 2.49. The van der Waals surface area contributed by atoms with Crippen molar-refractivity contribution in [3.05, 3.63) is 23.2 Å². The third-order valence-corrected chi connectivity index (χ3v) is 3.82. The SMILES string of the molecule is COc1cc(NCCC2CCCC2)ccc1Cl. The van der Waals surface area contributed by atoms with Crippen LogP contribution in [0.4, 0.5) is 5.69 Å². The van der Waals surface area contributed by atoms with Crippen molar-refractivity contribution < 1.29 is 4.74 Å². The molecule has 0 aliphatic heterocycles. The lowest BCUT2D eigenvalue weighted by atomic mass is 10.0. The average molecular weight is 254 g/mol. The summed E-state index contributed by atoms with van der Waals surface area (Å²) in [7, 11) is 1.64. The number of nitrogens with one attached hydrogen (secondary N) is 1. The molecule has 1 saturated carbocycles. The maximum absolute atomic E-state index is 5.98. The van der Waals surface area contributed by atoms with E-state index >= 15 is 0 Å². The summed E-state index contributed by atoms with van der Waals surface area (Å²) in [6.45, 7) is 1.04. The van der Waals surface area contributed by atoms with Gasteiger partial charge in [-0.2, -0.15) is 0 Å². The van der Waals surface area contributed by atoms with Crippen molar-refractivity contribution >= 4 is 17.3 Å². The Labute approximate surface area is 108 Å². The number of anilines is 1. The molecule has 1 fully saturated rings. The van der Waals surface area contributed by atoms with E-state index < -0.39 is 0 Å². The van der Waals surface area contributed by atoms with Gasteiger partial charge >= 0.3 is 0 Å². The van der Waals surface area contributed by atoms with Gasteiger partial charge in [-0.3, -0.25) is 0 Å². The van der Waals surface area contributed by atoms with Crippen molar-refractivity contribution in [1.29, 1.82) is 0 Å². The molecule has 3 heteroatoms. The number of hydrogen-bond acceptors (Lipinski definition) is 2. The monoisotopic (exact) mass is 253 g/mol. The van der Waals surface area contributed by atoms with Crippen molar-refractivity contribution in [3.63, 3.8) is 0 Å². The Hall–Kier alpha value is -0.890. The van der Waals surface area contributed by atoms with Crippen LogP contribution >= 0.6 is 11.6 Å². The van der Waals surface area contributed by atoms with Gasteiger partial charge in [0.25, 0.3) is 0 Å². The molecule has 0 saturated heterocycles. The summed E-state index contributed by atoms with van der Waals surface area (Å²) in [4.78, 5) is 0. The van der Waals surface area contributed by atoms with Crippen LogP contribution in [0.1, 0.15) is 32.1 Å². The summed E-state index contributed by atoms with van der Waals surface area (Å²) >= 11 is 5.98. The van der Waals surface area contributed by atoms with Crippen LogP contribution in [0.15, 0.2) is 18.2 Å². The molecular weight excluding hydrogens is 234 g/mol. The summed E-state index contributed by atoms with van der Waals surface area (Å²) in [5.41, 5.74) is 1.09. The molecule has 94 valence electrons. The first-order valence-electron chi connectivity index (χ1n) is 6.37. The van der Waals surface area contributed by atoms with Crippen LogP contribution in [0, 0.1) is 5.92 Å². The van der Waals surface area contributed by atoms with Crippen molar-refractivity contribution in [1.82, 2.24) is 0 Å². The van der Waals surface area contributed by atoms with E-state index in [1.54, 1.807) is 7.11 Å². The predicted molar refractivity (Wildman–Crippen MR) is 73.1 cm³/mol. The minimum atomic E-state index is 0.661. The third-order valence-electron chi connectivity index (χ3n) is 3.51. The van der Waals surface area contributed by atoms with Gasteiger partial charge < -0.3 is 10.1 Å². The van der Waals surface area contributed by atoms with E-state index in [1.165, 1.54) is 32.1 Å². The van der Waals surface area contributed by atoms with Gasteiger partial charge in [0.15, 0.2) is 0 Å². The average Bonchev–Trinajstić information content (AvgIpc) is 2.84. The quantitative estimate of drug-likeness (QED) is 0.843. The smallest absolute Gasteiger partial charge is 0.139 e. The molecule has 2 rings (SSSR count). The number of methoxy groups -OCH3 is 1. The Kier molecular flexibility index (Phi) is 4.55. The maximum atomic E-state index is 5.98. The molecule has 0 bridgehead atoms. The van der Waals surface area contributed by atoms with Crippen molar-refractivity contribution in [2.24, 2.45) is 5.92 Å². The minimum Gasteiger partial charge on any atom is -0.495 e. The van der Waals surface area contributed by atoms with Crippen LogP contribution in [0.25, 0.3) is 0 Å². The molecule has 0 unspecified atom stereocenters. The molecule has 0 amide bonds. The lowest BCUT2D eigenvalue weighted by molar-refractivity contribution is 0.415. The highest BCUT2D eigenvalue weighted by molar-refractivity contribution is 6.32. The Morgan fingerprint density at radius 2 is 2.12 bits per heavy atom. The Morgan fingerprint density at radius 3 is 2.82 bits per heavy atom. The maximum Gasteiger partial charge on any atom is 0.139 e. The molecule has 1 aromatic rings. The van der Waals surface area contributed by atoms with E-state index in [9.17, 15) is 0 Å². The summed E-state index contributed by atoms with van der Waals surface area (Å²) < 4.78 is 5.19. The van der Waals surface area contributed by atoms with Gasteiger partial charge in [0.2, 0.25) is 0 Å². The van der Waals surface area contributed by atoms with Crippen LogP contribution in [0.5, 0.6) is 5.75 Å². The van der Waals surface area contributed by atoms with Crippen molar-refractivity contribution in [2.75, 3.05) is 19.0 Å². The van der Waals surface area contributed by atoms with Crippen LogP contribution in [-0.2, 0) is 0 Å². The number of halogens is 1. The highest BCUT2D eigenvalue weighted by Gasteiger charge is 2.14.